The summed E-state index contributed by atoms with van der Waals surface area (Å²) in [6.45, 7) is 7.50. The first kappa shape index (κ1) is 13.5. The van der Waals surface area contributed by atoms with Crippen molar-refractivity contribution < 1.29 is 9.53 Å². The molecular formula is C16H19NO2. The van der Waals surface area contributed by atoms with E-state index in [9.17, 15) is 4.79 Å². The highest BCUT2D eigenvalue weighted by molar-refractivity contribution is 5.90. The maximum absolute atomic E-state index is 12.2. The molecule has 1 unspecified atom stereocenters. The van der Waals surface area contributed by atoms with Gasteiger partial charge >= 0.3 is 5.97 Å². The van der Waals surface area contributed by atoms with Gasteiger partial charge in [0.1, 0.15) is 5.60 Å². The molecule has 1 aromatic heterocycles. The van der Waals surface area contributed by atoms with Gasteiger partial charge in [0, 0.05) is 17.8 Å². The van der Waals surface area contributed by atoms with Crippen molar-refractivity contribution in [3.8, 4) is 0 Å². The molecular weight excluding hydrogens is 238 g/mol. The van der Waals surface area contributed by atoms with Gasteiger partial charge in [0.15, 0.2) is 0 Å². The summed E-state index contributed by atoms with van der Waals surface area (Å²) in [6.07, 6.45) is 3.55. The number of benzene rings is 1. The van der Waals surface area contributed by atoms with Crippen LogP contribution in [0, 0.1) is 0 Å². The number of fused-ring (bicyclic) bond motifs is 1. The number of esters is 1. The van der Waals surface area contributed by atoms with E-state index in [1.165, 1.54) is 0 Å². The molecule has 3 heteroatoms. The first-order valence-electron chi connectivity index (χ1n) is 6.44. The molecule has 3 nitrogen and oxygen atoms in total. The lowest BCUT2D eigenvalue weighted by atomic mass is 9.96. The maximum atomic E-state index is 12.2. The first-order chi connectivity index (χ1) is 8.88. The van der Waals surface area contributed by atoms with Crippen molar-refractivity contribution in [1.29, 1.82) is 0 Å². The third-order valence-electron chi connectivity index (χ3n) is 2.94. The topological polar surface area (TPSA) is 39.2 Å². The van der Waals surface area contributed by atoms with Gasteiger partial charge < -0.3 is 4.74 Å². The molecule has 1 aromatic carbocycles. The molecule has 0 saturated carbocycles. The molecule has 0 aliphatic carbocycles. The molecule has 0 aliphatic rings. The standard InChI is InChI=1S/C16H19NO2/c1-11(15(18)19-16(2,3)4)13-7-5-6-12-8-9-17-10-14(12)13/h5-11H,1-4H3. The minimum atomic E-state index is -0.464. The van der Waals surface area contributed by atoms with Gasteiger partial charge in [-0.1, -0.05) is 18.2 Å². The van der Waals surface area contributed by atoms with Crippen LogP contribution in [0.15, 0.2) is 36.7 Å². The fourth-order valence-corrected chi connectivity index (χ4v) is 2.03. The van der Waals surface area contributed by atoms with Gasteiger partial charge in [0.2, 0.25) is 0 Å². The summed E-state index contributed by atoms with van der Waals surface area (Å²) in [5.41, 5.74) is 0.494. The summed E-state index contributed by atoms with van der Waals surface area (Å²) in [4.78, 5) is 16.3. The molecule has 0 N–H and O–H groups in total. The molecule has 1 heterocycles. The highest BCUT2D eigenvalue weighted by atomic mass is 16.6. The van der Waals surface area contributed by atoms with E-state index in [0.717, 1.165) is 16.3 Å². The Balaban J connectivity index is 2.36. The van der Waals surface area contributed by atoms with Crippen LogP contribution in [0.2, 0.25) is 0 Å². The Hall–Kier alpha value is -1.90. The van der Waals surface area contributed by atoms with Gasteiger partial charge in [-0.05, 0) is 44.7 Å². The van der Waals surface area contributed by atoms with Crippen LogP contribution in [-0.2, 0) is 9.53 Å². The number of nitrogens with zero attached hydrogens (tertiary/aromatic N) is 1. The third-order valence-corrected chi connectivity index (χ3v) is 2.94. The fraction of sp³-hybridized carbons (Fsp3) is 0.375. The van der Waals surface area contributed by atoms with Crippen LogP contribution >= 0.6 is 0 Å². The van der Waals surface area contributed by atoms with Crippen LogP contribution in [0.25, 0.3) is 10.8 Å². The number of hydrogen-bond acceptors (Lipinski definition) is 3. The summed E-state index contributed by atoms with van der Waals surface area (Å²) < 4.78 is 5.44. The van der Waals surface area contributed by atoms with Crippen LogP contribution in [0.3, 0.4) is 0 Å². The number of ether oxygens (including phenoxy) is 1. The Morgan fingerprint density at radius 1 is 1.26 bits per heavy atom. The summed E-state index contributed by atoms with van der Waals surface area (Å²) in [5.74, 6) is -0.504. The Labute approximate surface area is 113 Å². The molecule has 1 atom stereocenters. The molecule has 0 saturated heterocycles. The van der Waals surface area contributed by atoms with E-state index in [2.05, 4.69) is 4.98 Å². The van der Waals surface area contributed by atoms with E-state index in [1.807, 2.05) is 52.0 Å². The van der Waals surface area contributed by atoms with Gasteiger partial charge in [0.25, 0.3) is 0 Å². The van der Waals surface area contributed by atoms with E-state index < -0.39 is 5.60 Å². The van der Waals surface area contributed by atoms with Crippen LogP contribution in [0.5, 0.6) is 0 Å². The molecule has 0 aliphatic heterocycles. The zero-order valence-electron chi connectivity index (χ0n) is 11.8. The summed E-state index contributed by atoms with van der Waals surface area (Å²) >= 11 is 0. The predicted octanol–water partition coefficient (Wildman–Crippen LogP) is 3.68. The minimum absolute atomic E-state index is 0.205. The van der Waals surface area contributed by atoms with Crippen molar-refractivity contribution in [2.75, 3.05) is 0 Å². The zero-order valence-corrected chi connectivity index (χ0v) is 11.8. The number of pyridine rings is 1. The average Bonchev–Trinajstić information content (AvgIpc) is 2.35. The lowest BCUT2D eigenvalue weighted by Crippen LogP contribution is -2.26. The highest BCUT2D eigenvalue weighted by Crippen LogP contribution is 2.27. The monoisotopic (exact) mass is 257 g/mol. The SMILES string of the molecule is CC(C(=O)OC(C)(C)C)c1cccc2ccncc12. The molecule has 0 bridgehead atoms. The van der Waals surface area contributed by atoms with Crippen molar-refractivity contribution in [3.63, 3.8) is 0 Å². The normalized spacial score (nSPS) is 13.3. The number of aromatic nitrogens is 1. The number of rotatable bonds is 2. The predicted molar refractivity (Wildman–Crippen MR) is 76.0 cm³/mol. The van der Waals surface area contributed by atoms with E-state index in [0.29, 0.717) is 0 Å². The molecule has 0 radical (unpaired) electrons. The smallest absolute Gasteiger partial charge is 0.313 e. The van der Waals surface area contributed by atoms with Crippen LogP contribution in [0.1, 0.15) is 39.2 Å². The first-order valence-corrected chi connectivity index (χ1v) is 6.44. The van der Waals surface area contributed by atoms with Gasteiger partial charge in [-0.25, -0.2) is 0 Å². The highest BCUT2D eigenvalue weighted by Gasteiger charge is 2.24. The number of carbonyl (C=O) groups excluding carboxylic acids is 1. The van der Waals surface area contributed by atoms with Crippen molar-refractivity contribution >= 4 is 16.7 Å². The largest absolute Gasteiger partial charge is 0.460 e. The number of carbonyl (C=O) groups is 1. The van der Waals surface area contributed by atoms with Crippen LogP contribution in [0.4, 0.5) is 0 Å². The van der Waals surface area contributed by atoms with Crippen LogP contribution in [-0.4, -0.2) is 16.6 Å². The minimum Gasteiger partial charge on any atom is -0.460 e. The molecule has 0 fully saturated rings. The second-order valence-corrected chi connectivity index (χ2v) is 5.70. The van der Waals surface area contributed by atoms with Crippen molar-refractivity contribution in [2.45, 2.75) is 39.2 Å². The fourth-order valence-electron chi connectivity index (χ4n) is 2.03. The molecule has 2 rings (SSSR count). The van der Waals surface area contributed by atoms with Gasteiger partial charge in [-0.3, -0.25) is 9.78 Å². The van der Waals surface area contributed by atoms with E-state index in [-0.39, 0.29) is 11.9 Å². The van der Waals surface area contributed by atoms with Crippen molar-refractivity contribution in [2.24, 2.45) is 0 Å². The molecule has 2 aromatic rings. The van der Waals surface area contributed by atoms with Crippen molar-refractivity contribution in [3.05, 3.63) is 42.2 Å². The quantitative estimate of drug-likeness (QED) is 0.770. The molecule has 0 amide bonds. The molecule has 100 valence electrons. The van der Waals surface area contributed by atoms with Crippen LogP contribution < -0.4 is 0 Å². The third kappa shape index (κ3) is 3.11. The summed E-state index contributed by atoms with van der Waals surface area (Å²) in [5, 5.41) is 2.09. The van der Waals surface area contributed by atoms with Gasteiger partial charge in [-0.2, -0.15) is 0 Å². The summed E-state index contributed by atoms with van der Waals surface area (Å²) in [6, 6.07) is 7.88. The Morgan fingerprint density at radius 3 is 2.68 bits per heavy atom. The number of hydrogen-bond donors (Lipinski definition) is 0. The van der Waals surface area contributed by atoms with Crippen molar-refractivity contribution in [1.82, 2.24) is 4.98 Å². The Bertz CT molecular complexity index is 594. The summed E-state index contributed by atoms with van der Waals surface area (Å²) in [7, 11) is 0. The van der Waals surface area contributed by atoms with E-state index in [4.69, 9.17) is 4.74 Å². The Morgan fingerprint density at radius 2 is 2.00 bits per heavy atom. The van der Waals surface area contributed by atoms with Gasteiger partial charge in [0.05, 0.1) is 5.92 Å². The zero-order chi connectivity index (χ0) is 14.0. The maximum Gasteiger partial charge on any atom is 0.313 e. The van der Waals surface area contributed by atoms with E-state index in [1.54, 1.807) is 12.4 Å². The second-order valence-electron chi connectivity index (χ2n) is 5.70. The lowest BCUT2D eigenvalue weighted by molar-refractivity contribution is -0.156. The molecule has 19 heavy (non-hydrogen) atoms. The average molecular weight is 257 g/mol. The molecule has 0 spiro atoms. The Kier molecular flexibility index (Phi) is 3.56. The lowest BCUT2D eigenvalue weighted by Gasteiger charge is -2.23. The second kappa shape index (κ2) is 5.00. The van der Waals surface area contributed by atoms with Gasteiger partial charge in [-0.15, -0.1) is 0 Å². The van der Waals surface area contributed by atoms with E-state index >= 15 is 0 Å².